The number of nitrogens with one attached hydrogen (secondary N) is 1. The summed E-state index contributed by atoms with van der Waals surface area (Å²) in [5.41, 5.74) is 2.09. The number of ether oxygens (including phenoxy) is 1. The van der Waals surface area contributed by atoms with Gasteiger partial charge in [0, 0.05) is 0 Å². The minimum atomic E-state index is -1.03. The van der Waals surface area contributed by atoms with Crippen LogP contribution in [0.2, 0.25) is 0 Å². The number of aliphatic carboxylic acids is 1. The maximum atomic E-state index is 12.2. The molecule has 1 rings (SSSR count). The van der Waals surface area contributed by atoms with Gasteiger partial charge in [-0.3, -0.25) is 4.79 Å². The fourth-order valence-corrected chi connectivity index (χ4v) is 2.21. The second-order valence-corrected chi connectivity index (χ2v) is 5.79. The van der Waals surface area contributed by atoms with Gasteiger partial charge >= 0.3 is 5.97 Å². The zero-order valence-corrected chi connectivity index (χ0v) is 13.8. The highest BCUT2D eigenvalue weighted by Gasteiger charge is 2.27. The molecule has 0 aliphatic rings. The van der Waals surface area contributed by atoms with E-state index < -0.39 is 24.0 Å². The minimum Gasteiger partial charge on any atom is -0.481 e. The lowest BCUT2D eigenvalue weighted by Gasteiger charge is -2.22. The highest BCUT2D eigenvalue weighted by atomic mass is 16.5. The van der Waals surface area contributed by atoms with Gasteiger partial charge in [0.1, 0.15) is 11.8 Å². The fraction of sp³-hybridized carbons (Fsp3) is 0.529. The number of rotatable bonds is 7. The van der Waals surface area contributed by atoms with Crippen LogP contribution >= 0.6 is 0 Å². The summed E-state index contributed by atoms with van der Waals surface area (Å²) in [6.07, 6.45) is -0.0871. The molecule has 0 aromatic heterocycles. The van der Waals surface area contributed by atoms with Gasteiger partial charge < -0.3 is 15.2 Å². The number of benzene rings is 1. The average molecular weight is 307 g/mol. The summed E-state index contributed by atoms with van der Waals surface area (Å²) in [7, 11) is 0. The van der Waals surface area contributed by atoms with Crippen LogP contribution in [0.4, 0.5) is 0 Å². The summed E-state index contributed by atoms with van der Waals surface area (Å²) in [4.78, 5) is 23.4. The third kappa shape index (κ3) is 5.06. The molecule has 5 heteroatoms. The molecule has 0 radical (unpaired) electrons. The van der Waals surface area contributed by atoms with Crippen LogP contribution in [0.5, 0.6) is 5.75 Å². The predicted molar refractivity (Wildman–Crippen MR) is 85.0 cm³/mol. The molecule has 0 saturated carbocycles. The molecule has 0 spiro atoms. The quantitative estimate of drug-likeness (QED) is 0.812. The molecule has 0 saturated heterocycles. The second kappa shape index (κ2) is 7.82. The van der Waals surface area contributed by atoms with Crippen molar-refractivity contribution in [3.05, 3.63) is 29.3 Å². The molecule has 0 aliphatic heterocycles. The Balaban J connectivity index is 2.73. The minimum absolute atomic E-state index is 0.144. The summed E-state index contributed by atoms with van der Waals surface area (Å²) in [6, 6.07) is 4.81. The van der Waals surface area contributed by atoms with Crippen LogP contribution in [0.3, 0.4) is 0 Å². The second-order valence-electron chi connectivity index (χ2n) is 5.79. The highest BCUT2D eigenvalue weighted by molar-refractivity contribution is 5.86. The Morgan fingerprint density at radius 1 is 1.18 bits per heavy atom. The number of hydrogen-bond acceptors (Lipinski definition) is 3. The number of aryl methyl sites for hydroxylation is 2. The Kier molecular flexibility index (Phi) is 6.40. The van der Waals surface area contributed by atoms with Gasteiger partial charge in [-0.05, 0) is 49.9 Å². The maximum Gasteiger partial charge on any atom is 0.326 e. The van der Waals surface area contributed by atoms with E-state index in [-0.39, 0.29) is 5.92 Å². The molecule has 1 aromatic carbocycles. The molecule has 3 atom stereocenters. The van der Waals surface area contributed by atoms with Crippen molar-refractivity contribution in [2.45, 2.75) is 53.2 Å². The average Bonchev–Trinajstić information content (AvgIpc) is 2.42. The van der Waals surface area contributed by atoms with E-state index in [1.807, 2.05) is 39.0 Å². The smallest absolute Gasteiger partial charge is 0.326 e. The van der Waals surface area contributed by atoms with Gasteiger partial charge in [0.15, 0.2) is 6.10 Å². The summed E-state index contributed by atoms with van der Waals surface area (Å²) in [5.74, 6) is -0.987. The molecule has 2 N–H and O–H groups in total. The largest absolute Gasteiger partial charge is 0.481 e. The number of carbonyl (C=O) groups is 2. The Morgan fingerprint density at radius 3 is 2.18 bits per heavy atom. The molecule has 1 aromatic rings. The van der Waals surface area contributed by atoms with Crippen molar-refractivity contribution < 1.29 is 19.4 Å². The summed E-state index contributed by atoms with van der Waals surface area (Å²) in [6.45, 7) is 9.21. The van der Waals surface area contributed by atoms with E-state index in [2.05, 4.69) is 5.32 Å². The van der Waals surface area contributed by atoms with Crippen LogP contribution in [-0.2, 0) is 9.59 Å². The number of carboxylic acid groups (broad SMARTS) is 1. The first kappa shape index (κ1) is 18.0. The predicted octanol–water partition coefficient (Wildman–Crippen LogP) is 2.69. The van der Waals surface area contributed by atoms with Crippen molar-refractivity contribution in [1.29, 1.82) is 0 Å². The van der Waals surface area contributed by atoms with Crippen molar-refractivity contribution in [3.63, 3.8) is 0 Å². The van der Waals surface area contributed by atoms with Gasteiger partial charge in [0.05, 0.1) is 0 Å². The number of amides is 1. The van der Waals surface area contributed by atoms with Crippen LogP contribution in [0.15, 0.2) is 18.2 Å². The summed E-state index contributed by atoms with van der Waals surface area (Å²) in [5, 5.41) is 11.8. The Morgan fingerprint density at radius 2 is 1.73 bits per heavy atom. The van der Waals surface area contributed by atoms with Crippen LogP contribution < -0.4 is 10.1 Å². The van der Waals surface area contributed by atoms with Crippen LogP contribution in [-0.4, -0.2) is 29.1 Å². The summed E-state index contributed by atoms with van der Waals surface area (Å²) >= 11 is 0. The molecule has 5 nitrogen and oxygen atoms in total. The van der Waals surface area contributed by atoms with Crippen molar-refractivity contribution in [1.82, 2.24) is 5.32 Å². The molecule has 3 unspecified atom stereocenters. The lowest BCUT2D eigenvalue weighted by atomic mass is 9.99. The van der Waals surface area contributed by atoms with E-state index in [0.29, 0.717) is 12.2 Å². The third-order valence-electron chi connectivity index (χ3n) is 3.65. The molecule has 0 heterocycles. The highest BCUT2D eigenvalue weighted by Crippen LogP contribution is 2.18. The Hall–Kier alpha value is -2.04. The van der Waals surface area contributed by atoms with Crippen molar-refractivity contribution >= 4 is 11.9 Å². The van der Waals surface area contributed by atoms with Gasteiger partial charge in [0.2, 0.25) is 0 Å². The van der Waals surface area contributed by atoms with E-state index in [1.54, 1.807) is 13.8 Å². The summed E-state index contributed by atoms with van der Waals surface area (Å²) < 4.78 is 5.63. The molecule has 0 fully saturated rings. The topological polar surface area (TPSA) is 75.6 Å². The van der Waals surface area contributed by atoms with Crippen LogP contribution in [0, 0.1) is 19.8 Å². The van der Waals surface area contributed by atoms with Crippen molar-refractivity contribution in [2.75, 3.05) is 0 Å². The van der Waals surface area contributed by atoms with Gasteiger partial charge in [-0.2, -0.15) is 0 Å². The molecule has 22 heavy (non-hydrogen) atoms. The first-order valence-electron chi connectivity index (χ1n) is 7.52. The van der Waals surface area contributed by atoms with Gasteiger partial charge in [-0.1, -0.05) is 26.3 Å². The normalized spacial score (nSPS) is 14.8. The van der Waals surface area contributed by atoms with Gasteiger partial charge in [-0.25, -0.2) is 4.79 Å². The zero-order chi connectivity index (χ0) is 16.9. The molecule has 122 valence electrons. The van der Waals surface area contributed by atoms with E-state index in [9.17, 15) is 14.7 Å². The van der Waals surface area contributed by atoms with Gasteiger partial charge in [0.25, 0.3) is 5.91 Å². The monoisotopic (exact) mass is 307 g/mol. The Bertz CT molecular complexity index is 521. The number of carboxylic acids is 1. The van der Waals surface area contributed by atoms with E-state index in [0.717, 1.165) is 11.1 Å². The van der Waals surface area contributed by atoms with Crippen molar-refractivity contribution in [3.8, 4) is 5.75 Å². The number of hydrogen-bond donors (Lipinski definition) is 2. The van der Waals surface area contributed by atoms with Crippen LogP contribution in [0.25, 0.3) is 0 Å². The zero-order valence-electron chi connectivity index (χ0n) is 13.8. The van der Waals surface area contributed by atoms with Gasteiger partial charge in [-0.15, -0.1) is 0 Å². The molecular formula is C17H25NO4. The maximum absolute atomic E-state index is 12.2. The standard InChI is InChI=1S/C17H25NO4/c1-6-12(4)15(17(20)21)18-16(19)13(5)22-14-8-10(2)7-11(3)9-14/h7-9,12-13,15H,6H2,1-5H3,(H,18,19)(H,20,21). The van der Waals surface area contributed by atoms with E-state index in [4.69, 9.17) is 4.74 Å². The van der Waals surface area contributed by atoms with Crippen LogP contribution in [0.1, 0.15) is 38.3 Å². The first-order valence-corrected chi connectivity index (χ1v) is 7.52. The first-order chi connectivity index (χ1) is 10.2. The lowest BCUT2D eigenvalue weighted by Crippen LogP contribution is -2.49. The SMILES string of the molecule is CCC(C)C(NC(=O)C(C)Oc1cc(C)cc(C)c1)C(=O)O. The molecular weight excluding hydrogens is 282 g/mol. The number of carbonyl (C=O) groups excluding carboxylic acids is 1. The van der Waals surface area contributed by atoms with E-state index in [1.165, 1.54) is 0 Å². The molecule has 0 aliphatic carbocycles. The Labute approximate surface area is 131 Å². The van der Waals surface area contributed by atoms with E-state index >= 15 is 0 Å². The lowest BCUT2D eigenvalue weighted by molar-refractivity contribution is -0.144. The molecule has 1 amide bonds. The fourth-order valence-electron chi connectivity index (χ4n) is 2.21. The third-order valence-corrected chi connectivity index (χ3v) is 3.65. The van der Waals surface area contributed by atoms with Crippen molar-refractivity contribution in [2.24, 2.45) is 5.92 Å². The molecule has 0 bridgehead atoms.